The van der Waals surface area contributed by atoms with Crippen molar-refractivity contribution in [1.82, 2.24) is 10.5 Å². The molecule has 2 atom stereocenters. The second-order valence-electron chi connectivity index (χ2n) is 4.55. The highest BCUT2D eigenvalue weighted by Gasteiger charge is 2.29. The normalized spacial score (nSPS) is 15.9. The average molecular weight is 256 g/mol. The van der Waals surface area contributed by atoms with E-state index in [-0.39, 0.29) is 17.5 Å². The first-order valence-corrected chi connectivity index (χ1v) is 5.87. The molecule has 0 spiro atoms. The van der Waals surface area contributed by atoms with Gasteiger partial charge in [0.05, 0.1) is 24.3 Å². The Labute approximate surface area is 106 Å². The van der Waals surface area contributed by atoms with Gasteiger partial charge >= 0.3 is 5.95 Å². The van der Waals surface area contributed by atoms with Gasteiger partial charge in [0.2, 0.25) is 0 Å². The smallest absolute Gasteiger partial charge is 0.314 e. The van der Waals surface area contributed by atoms with Crippen LogP contribution in [0.15, 0.2) is 4.52 Å². The molecule has 18 heavy (non-hydrogen) atoms. The second kappa shape index (κ2) is 5.39. The van der Waals surface area contributed by atoms with Gasteiger partial charge in [-0.3, -0.25) is 4.79 Å². The van der Waals surface area contributed by atoms with E-state index in [9.17, 15) is 9.90 Å². The number of aromatic nitrogens is 1. The maximum Gasteiger partial charge on any atom is 0.314 e. The Morgan fingerprint density at radius 3 is 2.72 bits per heavy atom. The Balaban J connectivity index is 2.80. The van der Waals surface area contributed by atoms with Crippen LogP contribution in [0.1, 0.15) is 43.2 Å². The van der Waals surface area contributed by atoms with Crippen LogP contribution in [-0.2, 0) is 0 Å². The average Bonchev–Trinajstić information content (AvgIpc) is 2.70. The van der Waals surface area contributed by atoms with Crippen LogP contribution in [0.5, 0.6) is 5.95 Å². The van der Waals surface area contributed by atoms with Gasteiger partial charge in [0.25, 0.3) is 5.91 Å². The molecule has 0 saturated heterocycles. The van der Waals surface area contributed by atoms with Gasteiger partial charge in [0.1, 0.15) is 0 Å². The number of carbonyl (C=O) groups is 1. The van der Waals surface area contributed by atoms with E-state index in [1.54, 1.807) is 20.8 Å². The molecule has 0 aromatic carbocycles. The summed E-state index contributed by atoms with van der Waals surface area (Å²) in [5.41, 5.74) is -0.249. The Morgan fingerprint density at radius 1 is 1.67 bits per heavy atom. The third kappa shape index (κ3) is 2.81. The van der Waals surface area contributed by atoms with Crippen LogP contribution in [0.2, 0.25) is 0 Å². The molecule has 1 amide bonds. The molecular formula is C12H20N2O4. The fourth-order valence-corrected chi connectivity index (χ4v) is 1.45. The van der Waals surface area contributed by atoms with Crippen molar-refractivity contribution >= 4 is 5.91 Å². The van der Waals surface area contributed by atoms with Gasteiger partial charge in [0, 0.05) is 0 Å². The molecular weight excluding hydrogens is 236 g/mol. The van der Waals surface area contributed by atoms with Gasteiger partial charge in [0.15, 0.2) is 5.69 Å². The quantitative estimate of drug-likeness (QED) is 0.828. The lowest BCUT2D eigenvalue weighted by Gasteiger charge is -2.29. The van der Waals surface area contributed by atoms with Crippen LogP contribution in [-0.4, -0.2) is 34.9 Å². The zero-order valence-corrected chi connectivity index (χ0v) is 11.4. The number of carbonyl (C=O) groups excluding carboxylic acids is 1. The van der Waals surface area contributed by atoms with E-state index < -0.39 is 11.6 Å². The minimum absolute atomic E-state index is 0.172. The number of nitrogens with zero attached hydrogens (tertiary/aromatic N) is 1. The van der Waals surface area contributed by atoms with Gasteiger partial charge in [-0.1, -0.05) is 12.1 Å². The fourth-order valence-electron chi connectivity index (χ4n) is 1.45. The van der Waals surface area contributed by atoms with Gasteiger partial charge in [-0.25, -0.2) is 0 Å². The number of hydrogen-bond acceptors (Lipinski definition) is 5. The highest BCUT2D eigenvalue weighted by molar-refractivity contribution is 5.94. The molecule has 2 N–H and O–H groups in total. The molecule has 6 heteroatoms. The van der Waals surface area contributed by atoms with E-state index in [1.807, 2.05) is 6.92 Å². The van der Waals surface area contributed by atoms with E-state index in [4.69, 9.17) is 9.26 Å². The van der Waals surface area contributed by atoms with Crippen LogP contribution in [0.3, 0.4) is 0 Å². The molecule has 1 rings (SSSR count). The Bertz CT molecular complexity index is 426. The van der Waals surface area contributed by atoms with Crippen LogP contribution < -0.4 is 10.1 Å². The first-order chi connectivity index (χ1) is 8.33. The number of hydrogen-bond donors (Lipinski definition) is 2. The minimum atomic E-state index is -0.961. The molecule has 0 aliphatic heterocycles. The molecule has 1 heterocycles. The van der Waals surface area contributed by atoms with Crippen molar-refractivity contribution in [2.45, 2.75) is 45.8 Å². The van der Waals surface area contributed by atoms with Gasteiger partial charge in [-0.05, 0) is 27.2 Å². The Morgan fingerprint density at radius 2 is 2.28 bits per heavy atom. The molecule has 0 aliphatic rings. The molecule has 6 nitrogen and oxygen atoms in total. The van der Waals surface area contributed by atoms with E-state index in [1.165, 1.54) is 7.11 Å². The number of nitrogens with one attached hydrogen (secondary N) is 1. The predicted molar refractivity (Wildman–Crippen MR) is 65.6 cm³/mol. The monoisotopic (exact) mass is 256 g/mol. The van der Waals surface area contributed by atoms with Crippen molar-refractivity contribution in [1.29, 1.82) is 0 Å². The standard InChI is InChI=1S/C12H20N2O4/c1-6-12(4,16)8(3)13-10(15)9-7(2)11(17-5)18-14-9/h8,16H,6H2,1-5H3,(H,13,15). The topological polar surface area (TPSA) is 84.6 Å². The summed E-state index contributed by atoms with van der Waals surface area (Å²) in [5.74, 6) is -0.171. The van der Waals surface area contributed by atoms with Crippen molar-refractivity contribution in [3.8, 4) is 5.95 Å². The molecule has 0 aliphatic carbocycles. The van der Waals surface area contributed by atoms with E-state index in [2.05, 4.69) is 10.5 Å². The summed E-state index contributed by atoms with van der Waals surface area (Å²) in [6, 6.07) is -0.392. The summed E-state index contributed by atoms with van der Waals surface area (Å²) in [7, 11) is 1.44. The first-order valence-electron chi connectivity index (χ1n) is 5.87. The number of amides is 1. The maximum atomic E-state index is 12.0. The molecule has 0 fully saturated rings. The van der Waals surface area contributed by atoms with Crippen LogP contribution in [0.4, 0.5) is 0 Å². The molecule has 0 radical (unpaired) electrons. The van der Waals surface area contributed by atoms with Gasteiger partial charge in [-0.2, -0.15) is 0 Å². The summed E-state index contributed by atoms with van der Waals surface area (Å²) >= 11 is 0. The molecule has 1 aromatic heterocycles. The van der Waals surface area contributed by atoms with Crippen molar-refractivity contribution in [3.05, 3.63) is 11.3 Å². The SMILES string of the molecule is CCC(C)(O)C(C)NC(=O)c1noc(OC)c1C. The minimum Gasteiger partial charge on any atom is -0.467 e. The molecule has 2 unspecified atom stereocenters. The third-order valence-electron chi connectivity index (χ3n) is 3.28. The molecule has 1 aromatic rings. The Kier molecular flexibility index (Phi) is 4.34. The fraction of sp³-hybridized carbons (Fsp3) is 0.667. The van der Waals surface area contributed by atoms with Crippen molar-refractivity contribution in [3.63, 3.8) is 0 Å². The predicted octanol–water partition coefficient (Wildman–Crippen LogP) is 1.27. The molecule has 0 bridgehead atoms. The molecule has 102 valence electrons. The van der Waals surface area contributed by atoms with Crippen LogP contribution in [0.25, 0.3) is 0 Å². The number of methoxy groups -OCH3 is 1. The number of aliphatic hydroxyl groups is 1. The summed E-state index contributed by atoms with van der Waals surface area (Å²) in [4.78, 5) is 12.0. The van der Waals surface area contributed by atoms with E-state index in [0.29, 0.717) is 12.0 Å². The molecule has 0 saturated carbocycles. The van der Waals surface area contributed by atoms with Gasteiger partial charge in [-0.15, -0.1) is 0 Å². The lowest BCUT2D eigenvalue weighted by molar-refractivity contribution is 0.0210. The lowest BCUT2D eigenvalue weighted by atomic mass is 9.95. The van der Waals surface area contributed by atoms with Crippen molar-refractivity contribution < 1.29 is 19.2 Å². The zero-order valence-electron chi connectivity index (χ0n) is 11.4. The number of ether oxygens (including phenoxy) is 1. The van der Waals surface area contributed by atoms with E-state index in [0.717, 1.165) is 0 Å². The van der Waals surface area contributed by atoms with E-state index >= 15 is 0 Å². The summed E-state index contributed by atoms with van der Waals surface area (Å²) in [6.45, 7) is 6.96. The zero-order chi connectivity index (χ0) is 13.9. The highest BCUT2D eigenvalue weighted by Crippen LogP contribution is 2.21. The van der Waals surface area contributed by atoms with Crippen LogP contribution >= 0.6 is 0 Å². The van der Waals surface area contributed by atoms with Crippen molar-refractivity contribution in [2.75, 3.05) is 7.11 Å². The first kappa shape index (κ1) is 14.5. The Hall–Kier alpha value is -1.56. The summed E-state index contributed by atoms with van der Waals surface area (Å²) in [5, 5.41) is 16.4. The largest absolute Gasteiger partial charge is 0.467 e. The third-order valence-corrected chi connectivity index (χ3v) is 3.28. The summed E-state index contributed by atoms with van der Waals surface area (Å²) in [6.07, 6.45) is 0.537. The lowest BCUT2D eigenvalue weighted by Crippen LogP contribution is -2.48. The highest BCUT2D eigenvalue weighted by atomic mass is 16.6. The maximum absolute atomic E-state index is 12.0. The van der Waals surface area contributed by atoms with Crippen LogP contribution in [0, 0.1) is 6.92 Å². The number of rotatable bonds is 5. The van der Waals surface area contributed by atoms with Gasteiger partial charge < -0.3 is 19.7 Å². The van der Waals surface area contributed by atoms with Crippen molar-refractivity contribution in [2.24, 2.45) is 0 Å². The second-order valence-corrected chi connectivity index (χ2v) is 4.55. The summed E-state index contributed by atoms with van der Waals surface area (Å²) < 4.78 is 9.77.